The van der Waals surface area contributed by atoms with Gasteiger partial charge in [-0.2, -0.15) is 0 Å². The molecular formula is C24H22F4N4O3. The molecule has 1 aliphatic heterocycles. The van der Waals surface area contributed by atoms with E-state index in [-0.39, 0.29) is 23.6 Å². The number of rotatable bonds is 6. The molecule has 3 unspecified atom stereocenters. The molecule has 1 aromatic carbocycles. The molecule has 184 valence electrons. The lowest BCUT2D eigenvalue weighted by atomic mass is 9.76. The van der Waals surface area contributed by atoms with Crippen LogP contribution in [0.15, 0.2) is 41.5 Å². The standard InChI is InChI=1S/C24H22F4N4O3/c1-2-3-8-34-15-5-7-19(30-12-15)21(33)31-14-4-6-18(26)16(9-14)24(13-25)17-10-23(27,28)11-20(17)35-22(29)32-24/h4-7,9,12,17,20H,8,10-11,13H2,1H3,(H2,29,32)(H,31,33). The Balaban J connectivity index is 1.60. The van der Waals surface area contributed by atoms with Crippen LogP contribution in [0, 0.1) is 23.6 Å². The van der Waals surface area contributed by atoms with E-state index in [0.717, 1.165) is 6.07 Å². The number of carbonyl (C=O) groups excluding carboxylic acids is 1. The summed E-state index contributed by atoms with van der Waals surface area (Å²) in [7, 11) is 0. The minimum atomic E-state index is -3.14. The molecule has 0 spiro atoms. The molecule has 2 aromatic rings. The number of hydrogen-bond donors (Lipinski definition) is 2. The van der Waals surface area contributed by atoms with Crippen LogP contribution < -0.4 is 15.8 Å². The first kappa shape index (κ1) is 24.3. The van der Waals surface area contributed by atoms with Crippen LogP contribution in [-0.4, -0.2) is 42.2 Å². The van der Waals surface area contributed by atoms with Crippen molar-refractivity contribution in [3.63, 3.8) is 0 Å². The lowest BCUT2D eigenvalue weighted by Crippen LogP contribution is -2.48. The van der Waals surface area contributed by atoms with Gasteiger partial charge in [-0.3, -0.25) is 4.79 Å². The van der Waals surface area contributed by atoms with Gasteiger partial charge in [-0.05, 0) is 37.3 Å². The first-order chi connectivity index (χ1) is 16.7. The van der Waals surface area contributed by atoms with Crippen LogP contribution in [0.3, 0.4) is 0 Å². The molecule has 2 aliphatic rings. The maximum atomic E-state index is 14.9. The zero-order valence-electron chi connectivity index (χ0n) is 18.7. The van der Waals surface area contributed by atoms with Crippen molar-refractivity contribution < 1.29 is 31.8 Å². The summed E-state index contributed by atoms with van der Waals surface area (Å²) in [6.45, 7) is 0.564. The lowest BCUT2D eigenvalue weighted by molar-refractivity contribution is -0.00299. The summed E-state index contributed by atoms with van der Waals surface area (Å²) in [6, 6.07) is 5.90. The normalized spacial score (nSPS) is 24.3. The van der Waals surface area contributed by atoms with E-state index < -0.39 is 60.7 Å². The number of carbonyl (C=O) groups is 1. The van der Waals surface area contributed by atoms with Crippen molar-refractivity contribution in [1.82, 2.24) is 4.98 Å². The van der Waals surface area contributed by atoms with E-state index in [1.807, 2.05) is 0 Å². The molecule has 35 heavy (non-hydrogen) atoms. The third kappa shape index (κ3) is 4.87. The van der Waals surface area contributed by atoms with Crippen molar-refractivity contribution in [2.75, 3.05) is 18.6 Å². The number of aliphatic imine (C=N–C) groups is 1. The molecule has 7 nitrogen and oxygen atoms in total. The summed E-state index contributed by atoms with van der Waals surface area (Å²) in [5.74, 6) is 0.0391. The Labute approximate surface area is 198 Å². The number of halogens is 4. The topological polar surface area (TPSA) is 98.8 Å². The summed E-state index contributed by atoms with van der Waals surface area (Å²) in [4.78, 5) is 20.6. The Bertz CT molecular complexity index is 1210. The van der Waals surface area contributed by atoms with E-state index in [4.69, 9.17) is 15.2 Å². The van der Waals surface area contributed by atoms with Crippen LogP contribution in [0.1, 0.15) is 35.8 Å². The number of nitrogens with zero attached hydrogens (tertiary/aromatic N) is 2. The Kier molecular flexibility index (Phi) is 6.56. The lowest BCUT2D eigenvalue weighted by Gasteiger charge is -2.40. The number of hydrogen-bond acceptors (Lipinski definition) is 6. The number of aromatic nitrogens is 1. The highest BCUT2D eigenvalue weighted by Gasteiger charge is 2.60. The first-order valence-electron chi connectivity index (χ1n) is 10.7. The van der Waals surface area contributed by atoms with Crippen LogP contribution in [0.25, 0.3) is 0 Å². The van der Waals surface area contributed by atoms with E-state index in [1.165, 1.54) is 30.5 Å². The molecule has 11 heteroatoms. The molecule has 2 heterocycles. The molecular weight excluding hydrogens is 468 g/mol. The number of nitrogens with one attached hydrogen (secondary N) is 1. The second-order valence-corrected chi connectivity index (χ2v) is 8.28. The van der Waals surface area contributed by atoms with Gasteiger partial charge in [-0.15, -0.1) is 5.92 Å². The summed E-state index contributed by atoms with van der Waals surface area (Å²) in [5, 5.41) is 2.55. The maximum Gasteiger partial charge on any atom is 0.283 e. The second kappa shape index (κ2) is 9.44. The van der Waals surface area contributed by atoms with Crippen LogP contribution in [0.4, 0.5) is 23.2 Å². The summed E-state index contributed by atoms with van der Waals surface area (Å²) < 4.78 is 68.3. The van der Waals surface area contributed by atoms with E-state index >= 15 is 0 Å². The van der Waals surface area contributed by atoms with Crippen LogP contribution in [-0.2, 0) is 10.3 Å². The average molecular weight is 490 g/mol. The Morgan fingerprint density at radius 3 is 2.80 bits per heavy atom. The van der Waals surface area contributed by atoms with Gasteiger partial charge < -0.3 is 20.5 Å². The SMILES string of the molecule is CC#CCOc1ccc(C(=O)Nc2ccc(F)c(C3(CF)N=C(N)OC4CC(F)(F)CC43)c2)nc1. The Hall–Kier alpha value is -3.81. The van der Waals surface area contributed by atoms with Crippen LogP contribution >= 0.6 is 0 Å². The Morgan fingerprint density at radius 2 is 2.11 bits per heavy atom. The molecule has 1 aromatic heterocycles. The third-order valence-corrected chi connectivity index (χ3v) is 6.01. The monoisotopic (exact) mass is 490 g/mol. The zero-order chi connectivity index (χ0) is 25.2. The van der Waals surface area contributed by atoms with Crippen molar-refractivity contribution in [3.05, 3.63) is 53.6 Å². The van der Waals surface area contributed by atoms with Crippen molar-refractivity contribution in [1.29, 1.82) is 0 Å². The predicted molar refractivity (Wildman–Crippen MR) is 119 cm³/mol. The van der Waals surface area contributed by atoms with Gasteiger partial charge in [0.05, 0.1) is 6.20 Å². The number of fused-ring (bicyclic) bond motifs is 1. The number of nitrogens with two attached hydrogens (primary N) is 1. The predicted octanol–water partition coefficient (Wildman–Crippen LogP) is 3.80. The highest BCUT2D eigenvalue weighted by atomic mass is 19.3. The number of amides is 1. The van der Waals surface area contributed by atoms with Gasteiger partial charge in [-0.25, -0.2) is 27.5 Å². The molecule has 1 saturated carbocycles. The van der Waals surface area contributed by atoms with E-state index in [9.17, 15) is 22.4 Å². The number of benzene rings is 1. The molecule has 1 fully saturated rings. The average Bonchev–Trinajstić information content (AvgIpc) is 3.14. The van der Waals surface area contributed by atoms with Gasteiger partial charge >= 0.3 is 0 Å². The zero-order valence-corrected chi connectivity index (χ0v) is 18.7. The largest absolute Gasteiger partial charge is 0.479 e. The fraction of sp³-hybridized carbons (Fsp3) is 0.375. The minimum absolute atomic E-state index is 0.0360. The van der Waals surface area contributed by atoms with Gasteiger partial charge in [0.25, 0.3) is 17.9 Å². The maximum absolute atomic E-state index is 14.9. The van der Waals surface area contributed by atoms with Crippen LogP contribution in [0.5, 0.6) is 5.75 Å². The quantitative estimate of drug-likeness (QED) is 0.474. The molecule has 0 bridgehead atoms. The second-order valence-electron chi connectivity index (χ2n) is 8.28. The van der Waals surface area contributed by atoms with Gasteiger partial charge in [-0.1, -0.05) is 5.92 Å². The van der Waals surface area contributed by atoms with Gasteiger partial charge in [0.15, 0.2) is 0 Å². The van der Waals surface area contributed by atoms with Crippen molar-refractivity contribution in [3.8, 4) is 17.6 Å². The fourth-order valence-electron chi connectivity index (χ4n) is 4.42. The van der Waals surface area contributed by atoms with E-state index in [1.54, 1.807) is 6.92 Å². The molecule has 4 rings (SSSR count). The number of alkyl halides is 3. The number of anilines is 1. The molecule has 1 aliphatic carbocycles. The minimum Gasteiger partial charge on any atom is -0.479 e. The molecule has 0 radical (unpaired) electrons. The molecule has 0 saturated heterocycles. The number of ether oxygens (including phenoxy) is 2. The summed E-state index contributed by atoms with van der Waals surface area (Å²) >= 11 is 0. The van der Waals surface area contributed by atoms with E-state index in [2.05, 4.69) is 27.1 Å². The highest BCUT2D eigenvalue weighted by molar-refractivity contribution is 6.02. The van der Waals surface area contributed by atoms with Gasteiger partial charge in [0.2, 0.25) is 0 Å². The number of amidine groups is 1. The smallest absolute Gasteiger partial charge is 0.283 e. The number of pyridine rings is 1. The van der Waals surface area contributed by atoms with Crippen LogP contribution in [0.2, 0.25) is 0 Å². The molecule has 3 N–H and O–H groups in total. The van der Waals surface area contributed by atoms with E-state index in [0.29, 0.717) is 5.75 Å². The summed E-state index contributed by atoms with van der Waals surface area (Å²) in [5.41, 5.74) is 3.48. The molecule has 3 atom stereocenters. The summed E-state index contributed by atoms with van der Waals surface area (Å²) in [6.07, 6.45) is -1.19. The van der Waals surface area contributed by atoms with Crippen molar-refractivity contribution in [2.45, 2.75) is 37.3 Å². The van der Waals surface area contributed by atoms with Gasteiger partial charge in [0.1, 0.15) is 42.2 Å². The molecule has 1 amide bonds. The highest BCUT2D eigenvalue weighted by Crippen LogP contribution is 2.53. The Morgan fingerprint density at radius 1 is 1.31 bits per heavy atom. The fourth-order valence-corrected chi connectivity index (χ4v) is 4.42. The van der Waals surface area contributed by atoms with Gasteiger partial charge in [0, 0.05) is 30.0 Å². The van der Waals surface area contributed by atoms with Crippen molar-refractivity contribution in [2.24, 2.45) is 16.6 Å². The first-order valence-corrected chi connectivity index (χ1v) is 10.7. The van der Waals surface area contributed by atoms with Crippen molar-refractivity contribution >= 4 is 17.6 Å². The third-order valence-electron chi connectivity index (χ3n) is 6.01.